The molecule has 1 aromatic rings. The SMILES string of the molecule is CC(C)CC1C(CCCc2ccccc2)CCCC(N)C(=O)OC1C. The van der Waals surface area contributed by atoms with Crippen LogP contribution in [0.4, 0.5) is 0 Å². The zero-order valence-corrected chi connectivity index (χ0v) is 16.1. The van der Waals surface area contributed by atoms with Crippen molar-refractivity contribution >= 4 is 5.97 Å². The van der Waals surface area contributed by atoms with Crippen molar-refractivity contribution in [3.05, 3.63) is 35.9 Å². The fourth-order valence-electron chi connectivity index (χ4n) is 4.17. The number of carbonyl (C=O) groups is 1. The lowest BCUT2D eigenvalue weighted by atomic mass is 9.77. The Morgan fingerprint density at radius 2 is 1.92 bits per heavy atom. The van der Waals surface area contributed by atoms with E-state index in [0.29, 0.717) is 17.8 Å². The fourth-order valence-corrected chi connectivity index (χ4v) is 4.17. The Balaban J connectivity index is 2.02. The number of hydrogen-bond donors (Lipinski definition) is 1. The number of carbonyl (C=O) groups excluding carboxylic acids is 1. The Hall–Kier alpha value is -1.35. The Bertz CT molecular complexity index is 514. The number of rotatable bonds is 6. The average molecular weight is 346 g/mol. The van der Waals surface area contributed by atoms with Gasteiger partial charge in [-0.15, -0.1) is 0 Å². The molecule has 1 heterocycles. The van der Waals surface area contributed by atoms with Gasteiger partial charge in [-0.05, 0) is 68.8 Å². The van der Waals surface area contributed by atoms with Crippen LogP contribution in [0.15, 0.2) is 30.3 Å². The summed E-state index contributed by atoms with van der Waals surface area (Å²) in [5, 5.41) is 0. The van der Waals surface area contributed by atoms with Gasteiger partial charge in [0.15, 0.2) is 0 Å². The molecule has 0 radical (unpaired) electrons. The van der Waals surface area contributed by atoms with Gasteiger partial charge in [-0.1, -0.05) is 50.6 Å². The van der Waals surface area contributed by atoms with Crippen LogP contribution < -0.4 is 5.73 Å². The summed E-state index contributed by atoms with van der Waals surface area (Å²) in [6.07, 6.45) is 7.50. The molecule has 25 heavy (non-hydrogen) atoms. The molecule has 3 heteroatoms. The van der Waals surface area contributed by atoms with Crippen molar-refractivity contribution in [1.82, 2.24) is 0 Å². The van der Waals surface area contributed by atoms with Gasteiger partial charge in [-0.25, -0.2) is 0 Å². The van der Waals surface area contributed by atoms with Crippen LogP contribution in [0.2, 0.25) is 0 Å². The predicted molar refractivity (Wildman–Crippen MR) is 103 cm³/mol. The van der Waals surface area contributed by atoms with Gasteiger partial charge in [-0.2, -0.15) is 0 Å². The molecular weight excluding hydrogens is 310 g/mol. The van der Waals surface area contributed by atoms with E-state index >= 15 is 0 Å². The minimum Gasteiger partial charge on any atom is -0.461 e. The minimum absolute atomic E-state index is 0.0409. The quantitative estimate of drug-likeness (QED) is 0.758. The maximum Gasteiger partial charge on any atom is 0.323 e. The molecule has 4 unspecified atom stereocenters. The molecule has 1 saturated heterocycles. The maximum atomic E-state index is 12.1. The first kappa shape index (κ1) is 20.0. The number of benzene rings is 1. The average Bonchev–Trinajstić information content (AvgIpc) is 2.62. The van der Waals surface area contributed by atoms with Gasteiger partial charge in [0.2, 0.25) is 0 Å². The number of ether oxygens (including phenoxy) is 1. The van der Waals surface area contributed by atoms with E-state index in [1.54, 1.807) is 0 Å². The van der Waals surface area contributed by atoms with Crippen LogP contribution in [0.1, 0.15) is 64.9 Å². The van der Waals surface area contributed by atoms with Crippen molar-refractivity contribution in [2.45, 2.75) is 77.9 Å². The number of esters is 1. The van der Waals surface area contributed by atoms with Crippen molar-refractivity contribution in [2.75, 3.05) is 0 Å². The van der Waals surface area contributed by atoms with Crippen LogP contribution in [0.25, 0.3) is 0 Å². The lowest BCUT2D eigenvalue weighted by molar-refractivity contribution is -0.153. The molecule has 1 aliphatic heterocycles. The third-order valence-corrected chi connectivity index (χ3v) is 5.53. The van der Waals surface area contributed by atoms with E-state index in [0.717, 1.165) is 32.1 Å². The first-order valence-electron chi connectivity index (χ1n) is 9.97. The molecule has 3 nitrogen and oxygen atoms in total. The van der Waals surface area contributed by atoms with Gasteiger partial charge in [-0.3, -0.25) is 4.79 Å². The van der Waals surface area contributed by atoms with Gasteiger partial charge >= 0.3 is 5.97 Å². The lowest BCUT2D eigenvalue weighted by Gasteiger charge is -2.32. The predicted octanol–water partition coefficient (Wildman–Crippen LogP) is 4.73. The summed E-state index contributed by atoms with van der Waals surface area (Å²) in [6.45, 7) is 6.58. The number of hydrogen-bond acceptors (Lipinski definition) is 3. The lowest BCUT2D eigenvalue weighted by Crippen LogP contribution is -2.36. The topological polar surface area (TPSA) is 52.3 Å². The van der Waals surface area contributed by atoms with Gasteiger partial charge < -0.3 is 10.5 Å². The van der Waals surface area contributed by atoms with Crippen LogP contribution in [-0.2, 0) is 16.0 Å². The molecule has 140 valence electrons. The first-order chi connectivity index (χ1) is 12.0. The van der Waals surface area contributed by atoms with Crippen LogP contribution in [0.3, 0.4) is 0 Å². The molecule has 0 aliphatic carbocycles. The van der Waals surface area contributed by atoms with Gasteiger partial charge in [0.05, 0.1) is 0 Å². The molecule has 2 rings (SSSR count). The van der Waals surface area contributed by atoms with E-state index < -0.39 is 6.04 Å². The van der Waals surface area contributed by atoms with Crippen LogP contribution in [0, 0.1) is 17.8 Å². The van der Waals surface area contributed by atoms with Gasteiger partial charge in [0, 0.05) is 0 Å². The Kier molecular flexibility index (Phi) is 7.95. The third kappa shape index (κ3) is 6.47. The minimum atomic E-state index is -0.454. The Labute approximate surface area is 153 Å². The highest BCUT2D eigenvalue weighted by Crippen LogP contribution is 2.34. The summed E-state index contributed by atoms with van der Waals surface area (Å²) < 4.78 is 5.73. The number of nitrogens with two attached hydrogens (primary N) is 1. The first-order valence-corrected chi connectivity index (χ1v) is 9.97. The highest BCUT2D eigenvalue weighted by Gasteiger charge is 2.32. The molecule has 1 aromatic carbocycles. The summed E-state index contributed by atoms with van der Waals surface area (Å²) in [7, 11) is 0. The molecular formula is C22H35NO2. The second-order valence-corrected chi connectivity index (χ2v) is 8.11. The molecule has 0 aromatic heterocycles. The van der Waals surface area contributed by atoms with Crippen LogP contribution >= 0.6 is 0 Å². The van der Waals surface area contributed by atoms with E-state index in [4.69, 9.17) is 10.5 Å². The Morgan fingerprint density at radius 3 is 2.60 bits per heavy atom. The summed E-state index contributed by atoms with van der Waals surface area (Å²) >= 11 is 0. The van der Waals surface area contributed by atoms with Crippen LogP contribution in [-0.4, -0.2) is 18.1 Å². The zero-order chi connectivity index (χ0) is 18.2. The van der Waals surface area contributed by atoms with Gasteiger partial charge in [0.1, 0.15) is 12.1 Å². The Morgan fingerprint density at radius 1 is 1.20 bits per heavy atom. The summed E-state index contributed by atoms with van der Waals surface area (Å²) in [6, 6.07) is 10.3. The standard InChI is InChI=1S/C22H35NO2/c1-16(2)15-20-17(3)25-22(24)21(23)14-8-13-19(20)12-7-11-18-9-5-4-6-10-18/h4-6,9-10,16-17,19-21H,7-8,11-15,23H2,1-3H3. The largest absolute Gasteiger partial charge is 0.461 e. The summed E-state index contributed by atoms with van der Waals surface area (Å²) in [5.41, 5.74) is 7.38. The second-order valence-electron chi connectivity index (χ2n) is 8.11. The second kappa shape index (κ2) is 9.96. The van der Waals surface area contributed by atoms with Crippen molar-refractivity contribution < 1.29 is 9.53 Å². The van der Waals surface area contributed by atoms with E-state index in [1.165, 1.54) is 18.4 Å². The smallest absolute Gasteiger partial charge is 0.323 e. The summed E-state index contributed by atoms with van der Waals surface area (Å²) in [5.74, 6) is 1.44. The van der Waals surface area contributed by atoms with Crippen molar-refractivity contribution in [3.8, 4) is 0 Å². The molecule has 0 amide bonds. The highest BCUT2D eigenvalue weighted by molar-refractivity contribution is 5.75. The molecule has 2 N–H and O–H groups in total. The maximum absolute atomic E-state index is 12.1. The highest BCUT2D eigenvalue weighted by atomic mass is 16.5. The molecule has 4 atom stereocenters. The van der Waals surface area contributed by atoms with Gasteiger partial charge in [0.25, 0.3) is 0 Å². The van der Waals surface area contributed by atoms with Crippen molar-refractivity contribution in [2.24, 2.45) is 23.5 Å². The molecule has 1 aliphatic rings. The number of aryl methyl sites for hydroxylation is 1. The zero-order valence-electron chi connectivity index (χ0n) is 16.1. The van der Waals surface area contributed by atoms with Crippen molar-refractivity contribution in [3.63, 3.8) is 0 Å². The monoisotopic (exact) mass is 345 g/mol. The summed E-state index contributed by atoms with van der Waals surface area (Å²) in [4.78, 5) is 12.1. The van der Waals surface area contributed by atoms with E-state index in [9.17, 15) is 4.79 Å². The molecule has 0 bridgehead atoms. The molecule has 1 fully saturated rings. The normalized spacial score (nSPS) is 28.1. The van der Waals surface area contributed by atoms with E-state index in [2.05, 4.69) is 51.1 Å². The van der Waals surface area contributed by atoms with Crippen LogP contribution in [0.5, 0.6) is 0 Å². The molecule has 0 saturated carbocycles. The van der Waals surface area contributed by atoms with E-state index in [-0.39, 0.29) is 12.1 Å². The van der Waals surface area contributed by atoms with E-state index in [1.807, 2.05) is 0 Å². The molecule has 0 spiro atoms. The third-order valence-electron chi connectivity index (χ3n) is 5.53. The van der Waals surface area contributed by atoms with Crippen molar-refractivity contribution in [1.29, 1.82) is 0 Å². The number of cyclic esters (lactones) is 1. The fraction of sp³-hybridized carbons (Fsp3) is 0.682.